The highest BCUT2D eigenvalue weighted by Gasteiger charge is 2.77. The number of halogens is 1. The maximum absolute atomic E-state index is 16.2. The Balaban J connectivity index is 1.46. The highest BCUT2D eigenvalue weighted by molar-refractivity contribution is 6.26. The number of aromatic nitrogens is 1. The normalized spacial score (nSPS) is 35.3. The van der Waals surface area contributed by atoms with Gasteiger partial charge in [-0.1, -0.05) is 5.16 Å². The predicted octanol–water partition coefficient (Wildman–Crippen LogP) is 1.42. The summed E-state index contributed by atoms with van der Waals surface area (Å²) in [6, 6.07) is 1.04. The van der Waals surface area contributed by atoms with E-state index < -0.39 is 41.0 Å². The van der Waals surface area contributed by atoms with Crippen LogP contribution in [0.25, 0.3) is 11.0 Å². The van der Waals surface area contributed by atoms with E-state index in [0.29, 0.717) is 10.9 Å². The van der Waals surface area contributed by atoms with Gasteiger partial charge in [0, 0.05) is 13.0 Å². The lowest BCUT2D eigenvalue weighted by Gasteiger charge is -2.67. The van der Waals surface area contributed by atoms with E-state index in [1.807, 2.05) is 6.92 Å². The van der Waals surface area contributed by atoms with Gasteiger partial charge in [-0.2, -0.15) is 0 Å². The number of imide groups is 1. The van der Waals surface area contributed by atoms with Crippen LogP contribution in [-0.4, -0.2) is 66.1 Å². The molecule has 1 aromatic carbocycles. The molecule has 6 heterocycles. The first-order chi connectivity index (χ1) is 16.7. The van der Waals surface area contributed by atoms with E-state index in [2.05, 4.69) is 20.8 Å². The van der Waals surface area contributed by atoms with Crippen molar-refractivity contribution < 1.29 is 32.8 Å². The average molecular weight is 484 g/mol. The van der Waals surface area contributed by atoms with Crippen LogP contribution in [0.1, 0.15) is 26.3 Å². The van der Waals surface area contributed by atoms with Crippen LogP contribution in [0, 0.1) is 11.2 Å². The number of carbonyl (C=O) groups is 3. The van der Waals surface area contributed by atoms with E-state index in [1.165, 1.54) is 4.90 Å². The second-order valence-electron chi connectivity index (χ2n) is 9.76. The molecule has 5 atom stereocenters. The summed E-state index contributed by atoms with van der Waals surface area (Å²) in [5.41, 5.74) is -1.88. The summed E-state index contributed by atoms with van der Waals surface area (Å²) in [7, 11) is 0. The summed E-state index contributed by atoms with van der Waals surface area (Å²) < 4.78 is 32.8. The van der Waals surface area contributed by atoms with Crippen molar-refractivity contribution in [2.75, 3.05) is 22.9 Å². The molecule has 3 saturated heterocycles. The molecular formula is C22H21FN6O6. The van der Waals surface area contributed by atoms with Gasteiger partial charge in [-0.05, 0) is 32.4 Å². The molecule has 182 valence electrons. The number of aliphatic imine (C=N–C) groups is 1. The highest BCUT2D eigenvalue weighted by atomic mass is 19.1. The van der Waals surface area contributed by atoms with Crippen LogP contribution in [0.3, 0.4) is 0 Å². The average Bonchev–Trinajstić information content (AvgIpc) is 3.33. The number of nitrogens with one attached hydrogen (secondary N) is 2. The number of urea groups is 1. The van der Waals surface area contributed by atoms with E-state index in [1.54, 1.807) is 24.8 Å². The molecule has 1 aromatic heterocycles. The van der Waals surface area contributed by atoms with Gasteiger partial charge in [0.2, 0.25) is 11.5 Å². The quantitative estimate of drug-likeness (QED) is 0.620. The lowest BCUT2D eigenvalue weighted by Crippen LogP contribution is -2.86. The highest BCUT2D eigenvalue weighted by Crippen LogP contribution is 2.60. The third kappa shape index (κ3) is 2.22. The zero-order chi connectivity index (χ0) is 24.4. The maximum Gasteiger partial charge on any atom is 0.416 e. The molecule has 5 aliphatic rings. The lowest BCUT2D eigenvalue weighted by atomic mass is 9.58. The zero-order valence-electron chi connectivity index (χ0n) is 19.0. The standard InChI is InChI=1S/C22H21FN6O6/c1-8-6-28(20(32)34-8)16-12-4-11-5-21-17(24-19(31)25-18(21)30)26-22(21)10(3)33-9(2)7-29(22)14(11)13(23)15(12)35-27-16/h4,8-10H,5-7H2,1-3H3,(H2,24,25,26,30,31)/t8-,9+,10-,21?,22+/m0/s1. The Labute approximate surface area is 197 Å². The van der Waals surface area contributed by atoms with Crippen LogP contribution >= 0.6 is 0 Å². The molecule has 0 saturated carbocycles. The van der Waals surface area contributed by atoms with Gasteiger partial charge < -0.3 is 18.9 Å². The van der Waals surface area contributed by atoms with E-state index in [4.69, 9.17) is 14.0 Å². The van der Waals surface area contributed by atoms with Crippen molar-refractivity contribution in [2.45, 2.75) is 51.2 Å². The fourth-order valence-electron chi connectivity index (χ4n) is 6.38. The van der Waals surface area contributed by atoms with Crippen molar-refractivity contribution in [1.82, 2.24) is 15.8 Å². The third-order valence-electron chi connectivity index (χ3n) is 7.70. The molecule has 7 rings (SSSR count). The number of benzene rings is 1. The Morgan fingerprint density at radius 2 is 1.94 bits per heavy atom. The topological polar surface area (TPSA) is 139 Å². The van der Waals surface area contributed by atoms with Crippen molar-refractivity contribution in [3.8, 4) is 0 Å². The minimum Gasteiger partial charge on any atom is -0.444 e. The SMILES string of the molecule is C[C@@H]1CN2c3c(cc4c(N5C[C@H](C)OC5=O)noc4c3F)CC34C(=O)NC(=O)NC3=N[C@]24[C@H](C)O1. The smallest absolute Gasteiger partial charge is 0.416 e. The summed E-state index contributed by atoms with van der Waals surface area (Å²) in [6.07, 6.45) is -1.74. The summed E-state index contributed by atoms with van der Waals surface area (Å²) in [6.45, 7) is 5.91. The maximum atomic E-state index is 16.2. The number of hydrogen-bond acceptors (Lipinski definition) is 9. The molecule has 12 nitrogen and oxygen atoms in total. The van der Waals surface area contributed by atoms with Gasteiger partial charge in [0.05, 0.1) is 23.7 Å². The molecule has 0 aliphatic carbocycles. The van der Waals surface area contributed by atoms with Crippen LogP contribution in [-0.2, 0) is 20.7 Å². The molecule has 0 bridgehead atoms. The van der Waals surface area contributed by atoms with Gasteiger partial charge in [0.1, 0.15) is 18.0 Å². The predicted molar refractivity (Wildman–Crippen MR) is 118 cm³/mol. The van der Waals surface area contributed by atoms with Crippen LogP contribution in [0.2, 0.25) is 0 Å². The van der Waals surface area contributed by atoms with Crippen LogP contribution in [0.15, 0.2) is 15.6 Å². The number of amidine groups is 1. The van der Waals surface area contributed by atoms with Crippen LogP contribution in [0.4, 0.5) is 25.5 Å². The minimum absolute atomic E-state index is 0.0597. The molecule has 5 aliphatic heterocycles. The van der Waals surface area contributed by atoms with Gasteiger partial charge in [-0.25, -0.2) is 19.0 Å². The molecule has 2 N–H and O–H groups in total. The third-order valence-corrected chi connectivity index (χ3v) is 7.70. The summed E-state index contributed by atoms with van der Waals surface area (Å²) in [4.78, 5) is 45.5. The molecule has 2 aromatic rings. The molecule has 0 radical (unpaired) electrons. The van der Waals surface area contributed by atoms with Crippen molar-refractivity contribution in [1.29, 1.82) is 0 Å². The number of cyclic esters (lactones) is 1. The molecule has 13 heteroatoms. The van der Waals surface area contributed by atoms with E-state index in [0.717, 1.165) is 0 Å². The molecule has 3 fully saturated rings. The number of carbonyl (C=O) groups excluding carboxylic acids is 3. The summed E-state index contributed by atoms with van der Waals surface area (Å²) in [5.74, 6) is -0.793. The summed E-state index contributed by atoms with van der Waals surface area (Å²) >= 11 is 0. The minimum atomic E-state index is -1.29. The number of amides is 4. The van der Waals surface area contributed by atoms with Crippen molar-refractivity contribution in [3.05, 3.63) is 17.4 Å². The Bertz CT molecular complexity index is 1410. The Morgan fingerprint density at radius 1 is 1.14 bits per heavy atom. The molecule has 1 unspecified atom stereocenters. The van der Waals surface area contributed by atoms with Gasteiger partial charge in [0.25, 0.3) is 0 Å². The van der Waals surface area contributed by atoms with Gasteiger partial charge in [-0.3, -0.25) is 20.3 Å². The van der Waals surface area contributed by atoms with Crippen molar-refractivity contribution >= 4 is 46.3 Å². The molecule has 4 amide bonds. The first kappa shape index (κ1) is 20.6. The lowest BCUT2D eigenvalue weighted by molar-refractivity contribution is -0.147. The fourth-order valence-corrected chi connectivity index (χ4v) is 6.38. The Morgan fingerprint density at radius 3 is 2.66 bits per heavy atom. The molecular weight excluding hydrogens is 463 g/mol. The fraction of sp³-hybridized carbons (Fsp3) is 0.500. The monoisotopic (exact) mass is 484 g/mol. The number of rotatable bonds is 1. The number of hydrogen-bond donors (Lipinski definition) is 2. The second-order valence-corrected chi connectivity index (χ2v) is 9.76. The first-order valence-corrected chi connectivity index (χ1v) is 11.4. The van der Waals surface area contributed by atoms with Crippen LogP contribution in [0.5, 0.6) is 0 Å². The van der Waals surface area contributed by atoms with E-state index >= 15 is 4.39 Å². The Kier molecular flexibility index (Phi) is 3.70. The van der Waals surface area contributed by atoms with E-state index in [9.17, 15) is 14.4 Å². The molecule has 2 spiro atoms. The van der Waals surface area contributed by atoms with Crippen molar-refractivity contribution in [3.63, 3.8) is 0 Å². The first-order valence-electron chi connectivity index (χ1n) is 11.4. The summed E-state index contributed by atoms with van der Waals surface area (Å²) in [5, 5.41) is 9.28. The number of ether oxygens (including phenoxy) is 2. The van der Waals surface area contributed by atoms with Crippen molar-refractivity contribution in [2.24, 2.45) is 10.4 Å². The largest absolute Gasteiger partial charge is 0.444 e. The number of morpholine rings is 1. The van der Waals surface area contributed by atoms with Gasteiger partial charge in [-0.15, -0.1) is 0 Å². The number of nitrogens with zero attached hydrogens (tertiary/aromatic N) is 4. The van der Waals surface area contributed by atoms with Gasteiger partial charge >= 0.3 is 12.1 Å². The van der Waals surface area contributed by atoms with Gasteiger partial charge in [0.15, 0.2) is 22.7 Å². The zero-order valence-corrected chi connectivity index (χ0v) is 19.0. The Hall–Kier alpha value is -3.74. The number of anilines is 2. The van der Waals surface area contributed by atoms with E-state index in [-0.39, 0.29) is 54.6 Å². The second kappa shape index (κ2) is 6.27. The number of fused-ring (bicyclic) bond motifs is 3. The molecule has 35 heavy (non-hydrogen) atoms. The van der Waals surface area contributed by atoms with Crippen LogP contribution < -0.4 is 20.4 Å².